The highest BCUT2D eigenvalue weighted by atomic mass is 16.6. The summed E-state index contributed by atoms with van der Waals surface area (Å²) in [5.41, 5.74) is 10.1. The molecule has 4 N–H and O–H groups in total. The Labute approximate surface area is 348 Å². The van der Waals surface area contributed by atoms with Crippen molar-refractivity contribution in [2.75, 3.05) is 175 Å². The number of piperazine rings is 1. The number of carboxylic acids is 1. The Balaban J connectivity index is 0.853. The van der Waals surface area contributed by atoms with Crippen molar-refractivity contribution < 1.29 is 57.3 Å². The SMILES string of the molecule is CCCCc1nc2c(N)nc3ccc(N4CCN(CCOCCOCCOCCOCCOCCOCCOCCOCCOCCOCCC(=O)O)CC4)cc3c2[nH]1. The number of anilines is 2. The molecule has 334 valence electrons. The number of nitrogens with one attached hydrogen (secondary N) is 1. The van der Waals surface area contributed by atoms with E-state index in [9.17, 15) is 4.79 Å². The Morgan fingerprint density at radius 3 is 1.58 bits per heavy atom. The van der Waals surface area contributed by atoms with Gasteiger partial charge in [-0.15, -0.1) is 0 Å². The van der Waals surface area contributed by atoms with Crippen LogP contribution in [0.25, 0.3) is 21.9 Å². The maximum absolute atomic E-state index is 10.4. The molecule has 0 bridgehead atoms. The van der Waals surface area contributed by atoms with Crippen molar-refractivity contribution in [2.24, 2.45) is 0 Å². The van der Waals surface area contributed by atoms with Crippen molar-refractivity contribution in [1.82, 2.24) is 19.9 Å². The molecule has 0 aliphatic carbocycles. The summed E-state index contributed by atoms with van der Waals surface area (Å²) in [4.78, 5) is 28.1. The number of rotatable bonds is 37. The number of pyridine rings is 1. The molecule has 3 aromatic rings. The lowest BCUT2D eigenvalue weighted by atomic mass is 10.1. The molecule has 2 aromatic heterocycles. The maximum atomic E-state index is 10.4. The summed E-state index contributed by atoms with van der Waals surface area (Å²) >= 11 is 0. The Bertz CT molecular complexity index is 1540. The Morgan fingerprint density at radius 2 is 1.12 bits per heavy atom. The highest BCUT2D eigenvalue weighted by molar-refractivity contribution is 6.07. The van der Waals surface area contributed by atoms with E-state index in [1.165, 1.54) is 5.69 Å². The Kier molecular flexibility index (Phi) is 25.2. The molecule has 1 fully saturated rings. The van der Waals surface area contributed by atoms with E-state index in [1.807, 2.05) is 0 Å². The highest BCUT2D eigenvalue weighted by Gasteiger charge is 2.19. The van der Waals surface area contributed by atoms with Crippen molar-refractivity contribution in [2.45, 2.75) is 32.6 Å². The number of carbonyl (C=O) groups is 1. The van der Waals surface area contributed by atoms with Crippen molar-refractivity contribution in [3.05, 3.63) is 24.0 Å². The number of nitrogen functional groups attached to an aromatic ring is 1. The summed E-state index contributed by atoms with van der Waals surface area (Å²) in [5, 5.41) is 9.58. The van der Waals surface area contributed by atoms with Gasteiger partial charge in [-0.05, 0) is 24.6 Å². The molecule has 0 atom stereocenters. The van der Waals surface area contributed by atoms with Gasteiger partial charge in [0.15, 0.2) is 5.82 Å². The zero-order valence-corrected chi connectivity index (χ0v) is 35.0. The molecule has 1 aliphatic heterocycles. The standard InChI is InChI=1S/C41H68N6O12/c1-2-3-4-37-44-39-35-33-34(5-6-36(35)43-41(42)40(39)45-37)47-10-8-46(9-11-47)12-14-51-16-18-53-20-22-55-24-26-57-28-30-59-32-31-58-29-27-56-25-23-54-21-19-52-17-15-50-13-7-38(48)49/h5-6,33H,2-4,7-32H2,1H3,(H2,42,43)(H,44,45)(H,48,49). The number of carboxylic acid groups (broad SMARTS) is 1. The minimum Gasteiger partial charge on any atom is -0.481 e. The third-order valence-corrected chi connectivity index (χ3v) is 9.35. The first kappa shape index (κ1) is 48.4. The molecular weight excluding hydrogens is 768 g/mol. The number of aryl methyl sites for hydroxylation is 1. The number of nitrogens with two attached hydrogens (primary N) is 1. The average molecular weight is 837 g/mol. The smallest absolute Gasteiger partial charge is 0.305 e. The summed E-state index contributed by atoms with van der Waals surface area (Å²) in [6, 6.07) is 6.43. The van der Waals surface area contributed by atoms with E-state index in [2.05, 4.69) is 44.9 Å². The molecule has 0 spiro atoms. The number of aromatic nitrogens is 3. The second kappa shape index (κ2) is 30.7. The van der Waals surface area contributed by atoms with E-state index in [4.69, 9.17) is 63.2 Å². The van der Waals surface area contributed by atoms with Gasteiger partial charge in [0.1, 0.15) is 11.3 Å². The van der Waals surface area contributed by atoms with E-state index < -0.39 is 5.97 Å². The fourth-order valence-electron chi connectivity index (χ4n) is 6.13. The van der Waals surface area contributed by atoms with E-state index in [0.717, 1.165) is 79.7 Å². The van der Waals surface area contributed by atoms with Gasteiger partial charge in [-0.2, -0.15) is 0 Å². The molecule has 0 saturated carbocycles. The summed E-state index contributed by atoms with van der Waals surface area (Å²) < 4.78 is 54.9. The molecule has 0 unspecified atom stereocenters. The first-order valence-corrected chi connectivity index (χ1v) is 21.1. The number of nitrogens with zero attached hydrogens (tertiary/aromatic N) is 4. The normalized spacial score (nSPS) is 13.7. The summed E-state index contributed by atoms with van der Waals surface area (Å²) in [6.45, 7) is 16.5. The largest absolute Gasteiger partial charge is 0.481 e. The first-order chi connectivity index (χ1) is 29.0. The molecule has 59 heavy (non-hydrogen) atoms. The number of hydrogen-bond acceptors (Lipinski definition) is 16. The van der Waals surface area contributed by atoms with E-state index in [-0.39, 0.29) is 13.0 Å². The minimum atomic E-state index is -0.874. The number of aliphatic carboxylic acids is 1. The third kappa shape index (κ3) is 20.2. The molecule has 3 heterocycles. The second-order valence-electron chi connectivity index (χ2n) is 13.8. The zero-order valence-electron chi connectivity index (χ0n) is 35.0. The van der Waals surface area contributed by atoms with Gasteiger partial charge in [0.2, 0.25) is 0 Å². The van der Waals surface area contributed by atoms with Crippen LogP contribution >= 0.6 is 0 Å². The number of fused-ring (bicyclic) bond motifs is 3. The topological polar surface area (TPSA) is 204 Å². The van der Waals surface area contributed by atoms with Crippen molar-refractivity contribution in [3.8, 4) is 0 Å². The number of hydrogen-bond donors (Lipinski definition) is 3. The van der Waals surface area contributed by atoms with Crippen LogP contribution in [0.1, 0.15) is 32.0 Å². The fourth-order valence-corrected chi connectivity index (χ4v) is 6.13. The van der Waals surface area contributed by atoms with Crippen LogP contribution in [0.15, 0.2) is 18.2 Å². The van der Waals surface area contributed by atoms with Crippen LogP contribution in [0.2, 0.25) is 0 Å². The molecule has 1 saturated heterocycles. The van der Waals surface area contributed by atoms with Crippen LogP contribution in [0, 0.1) is 0 Å². The van der Waals surface area contributed by atoms with Crippen LogP contribution in [0.4, 0.5) is 11.5 Å². The zero-order chi connectivity index (χ0) is 41.6. The fraction of sp³-hybridized carbons (Fsp3) is 0.732. The second-order valence-corrected chi connectivity index (χ2v) is 13.8. The van der Waals surface area contributed by atoms with Crippen LogP contribution in [0.5, 0.6) is 0 Å². The number of unbranched alkanes of at least 4 members (excludes halogenated alkanes) is 1. The van der Waals surface area contributed by atoms with Gasteiger partial charge in [-0.3, -0.25) is 9.69 Å². The molecule has 18 nitrogen and oxygen atoms in total. The number of H-pyrrole nitrogens is 1. The monoisotopic (exact) mass is 836 g/mol. The van der Waals surface area contributed by atoms with Gasteiger partial charge >= 0.3 is 5.97 Å². The number of ether oxygens (including phenoxy) is 10. The van der Waals surface area contributed by atoms with Crippen LogP contribution in [0.3, 0.4) is 0 Å². The number of aromatic amines is 1. The van der Waals surface area contributed by atoms with Crippen molar-refractivity contribution >= 4 is 39.4 Å². The predicted molar refractivity (Wildman–Crippen MR) is 224 cm³/mol. The van der Waals surface area contributed by atoms with Gasteiger partial charge in [0.05, 0.1) is 150 Å². The lowest BCUT2D eigenvalue weighted by molar-refractivity contribution is -0.138. The first-order valence-electron chi connectivity index (χ1n) is 21.1. The van der Waals surface area contributed by atoms with Gasteiger partial charge in [-0.25, -0.2) is 9.97 Å². The van der Waals surface area contributed by atoms with Crippen LogP contribution in [-0.4, -0.2) is 196 Å². The van der Waals surface area contributed by atoms with E-state index in [0.29, 0.717) is 131 Å². The van der Waals surface area contributed by atoms with E-state index >= 15 is 0 Å². The van der Waals surface area contributed by atoms with Gasteiger partial charge in [0, 0.05) is 50.2 Å². The molecule has 18 heteroatoms. The molecule has 1 aromatic carbocycles. The summed E-state index contributed by atoms with van der Waals surface area (Å²) in [5.74, 6) is 0.573. The molecule has 4 rings (SSSR count). The summed E-state index contributed by atoms with van der Waals surface area (Å²) in [7, 11) is 0. The van der Waals surface area contributed by atoms with Gasteiger partial charge < -0.3 is 68.1 Å². The number of imidazole rings is 1. The predicted octanol–water partition coefficient (Wildman–Crippen LogP) is 2.80. The maximum Gasteiger partial charge on any atom is 0.305 e. The third-order valence-electron chi connectivity index (χ3n) is 9.35. The van der Waals surface area contributed by atoms with Crippen LogP contribution < -0.4 is 10.6 Å². The quantitative estimate of drug-likeness (QED) is 0.0715. The highest BCUT2D eigenvalue weighted by Crippen LogP contribution is 2.30. The van der Waals surface area contributed by atoms with Crippen molar-refractivity contribution in [1.29, 1.82) is 0 Å². The molecular formula is C41H68N6O12. The molecule has 0 amide bonds. The number of benzene rings is 1. The average Bonchev–Trinajstić information content (AvgIpc) is 3.69. The molecule has 0 radical (unpaired) electrons. The Hall–Kier alpha value is -3.27. The lowest BCUT2D eigenvalue weighted by Crippen LogP contribution is -2.47. The minimum absolute atomic E-state index is 0.00369. The van der Waals surface area contributed by atoms with Gasteiger partial charge in [0.25, 0.3) is 0 Å². The van der Waals surface area contributed by atoms with Gasteiger partial charge in [-0.1, -0.05) is 13.3 Å². The van der Waals surface area contributed by atoms with Crippen molar-refractivity contribution in [3.63, 3.8) is 0 Å². The Morgan fingerprint density at radius 1 is 0.661 bits per heavy atom. The van der Waals surface area contributed by atoms with E-state index in [1.54, 1.807) is 0 Å². The lowest BCUT2D eigenvalue weighted by Gasteiger charge is -2.36. The van der Waals surface area contributed by atoms with Crippen LogP contribution in [-0.2, 0) is 58.6 Å². The molecule has 1 aliphatic rings. The summed E-state index contributed by atoms with van der Waals surface area (Å²) in [6.07, 6.45) is 3.11.